The number of hydrogen-bond donors (Lipinski definition) is 2. The van der Waals surface area contributed by atoms with Crippen LogP contribution in [0.2, 0.25) is 0 Å². The number of carbonyl (C=O) groups is 1. The first kappa shape index (κ1) is 13.4. The number of aromatic nitrogens is 2. The van der Waals surface area contributed by atoms with Crippen molar-refractivity contribution in [1.82, 2.24) is 15.3 Å². The number of nitrogens with one attached hydrogen (secondary N) is 2. The molecule has 0 fully saturated rings. The molecule has 5 heteroatoms. The van der Waals surface area contributed by atoms with E-state index in [4.69, 9.17) is 0 Å². The summed E-state index contributed by atoms with van der Waals surface area (Å²) < 4.78 is 0. The molecule has 1 aromatic rings. The molecule has 0 radical (unpaired) electrons. The fourth-order valence-electron chi connectivity index (χ4n) is 1.34. The third-order valence-electron chi connectivity index (χ3n) is 2.04. The molecule has 2 N–H and O–H groups in total. The van der Waals surface area contributed by atoms with Crippen LogP contribution >= 0.6 is 0 Å². The van der Waals surface area contributed by atoms with Crippen molar-refractivity contribution in [3.63, 3.8) is 0 Å². The lowest BCUT2D eigenvalue weighted by molar-refractivity contribution is 0.0938. The van der Waals surface area contributed by atoms with E-state index in [1.54, 1.807) is 6.07 Å². The Bertz CT molecular complexity index is 390. The van der Waals surface area contributed by atoms with E-state index in [1.165, 1.54) is 0 Å². The maximum absolute atomic E-state index is 11.8. The van der Waals surface area contributed by atoms with Crippen LogP contribution in [0.5, 0.6) is 0 Å². The van der Waals surface area contributed by atoms with Gasteiger partial charge in [-0.05, 0) is 33.3 Å². The van der Waals surface area contributed by atoms with Gasteiger partial charge in [0.15, 0.2) is 0 Å². The molecule has 0 saturated carbocycles. The van der Waals surface area contributed by atoms with E-state index in [0.29, 0.717) is 11.6 Å². The van der Waals surface area contributed by atoms with Gasteiger partial charge in [0.1, 0.15) is 5.69 Å². The van der Waals surface area contributed by atoms with E-state index in [1.807, 2.05) is 20.8 Å². The zero-order valence-corrected chi connectivity index (χ0v) is 10.9. The Kier molecular flexibility index (Phi) is 4.87. The fourth-order valence-corrected chi connectivity index (χ4v) is 1.34. The van der Waals surface area contributed by atoms with E-state index in [0.717, 1.165) is 18.7 Å². The molecule has 0 spiro atoms. The summed E-state index contributed by atoms with van der Waals surface area (Å²) in [6.45, 7) is 8.55. The van der Waals surface area contributed by atoms with Crippen LogP contribution in [0.4, 0.5) is 5.95 Å². The van der Waals surface area contributed by atoms with Gasteiger partial charge in [-0.2, -0.15) is 0 Å². The van der Waals surface area contributed by atoms with Crippen molar-refractivity contribution in [3.05, 3.63) is 17.5 Å². The van der Waals surface area contributed by atoms with Crippen molar-refractivity contribution in [2.75, 3.05) is 11.9 Å². The second-order valence-electron chi connectivity index (χ2n) is 4.27. The SMILES string of the molecule is CCCNc1nc(C)cc(C(=O)NC(C)C)n1. The van der Waals surface area contributed by atoms with Gasteiger partial charge in [0.2, 0.25) is 5.95 Å². The highest BCUT2D eigenvalue weighted by Gasteiger charge is 2.10. The van der Waals surface area contributed by atoms with Crippen LogP contribution in [0.1, 0.15) is 43.4 Å². The van der Waals surface area contributed by atoms with E-state index in [-0.39, 0.29) is 11.9 Å². The van der Waals surface area contributed by atoms with Crippen molar-refractivity contribution in [2.24, 2.45) is 0 Å². The number of anilines is 1. The maximum Gasteiger partial charge on any atom is 0.270 e. The lowest BCUT2D eigenvalue weighted by Crippen LogP contribution is -2.31. The summed E-state index contributed by atoms with van der Waals surface area (Å²) in [4.78, 5) is 20.2. The largest absolute Gasteiger partial charge is 0.354 e. The van der Waals surface area contributed by atoms with E-state index >= 15 is 0 Å². The number of rotatable bonds is 5. The topological polar surface area (TPSA) is 66.9 Å². The second-order valence-corrected chi connectivity index (χ2v) is 4.27. The molecular formula is C12H20N4O. The number of carbonyl (C=O) groups excluding carboxylic acids is 1. The first-order chi connectivity index (χ1) is 8.02. The monoisotopic (exact) mass is 236 g/mol. The second kappa shape index (κ2) is 6.18. The third kappa shape index (κ3) is 4.38. The molecular weight excluding hydrogens is 216 g/mol. The molecule has 1 amide bonds. The van der Waals surface area contributed by atoms with Gasteiger partial charge >= 0.3 is 0 Å². The minimum Gasteiger partial charge on any atom is -0.354 e. The first-order valence-electron chi connectivity index (χ1n) is 5.93. The Morgan fingerprint density at radius 1 is 1.41 bits per heavy atom. The highest BCUT2D eigenvalue weighted by Crippen LogP contribution is 2.05. The van der Waals surface area contributed by atoms with Crippen molar-refractivity contribution in [3.8, 4) is 0 Å². The molecule has 94 valence electrons. The first-order valence-corrected chi connectivity index (χ1v) is 5.93. The molecule has 17 heavy (non-hydrogen) atoms. The Labute approximate surface area is 102 Å². The number of nitrogens with zero attached hydrogens (tertiary/aromatic N) is 2. The zero-order chi connectivity index (χ0) is 12.8. The molecule has 0 aliphatic heterocycles. The Hall–Kier alpha value is -1.65. The van der Waals surface area contributed by atoms with Crippen LogP contribution in [-0.2, 0) is 0 Å². The zero-order valence-electron chi connectivity index (χ0n) is 10.9. The van der Waals surface area contributed by atoms with E-state index in [9.17, 15) is 4.79 Å². The molecule has 1 aromatic heterocycles. The molecule has 1 heterocycles. The lowest BCUT2D eigenvalue weighted by Gasteiger charge is -2.10. The molecule has 0 unspecified atom stereocenters. The Morgan fingerprint density at radius 3 is 2.71 bits per heavy atom. The van der Waals surface area contributed by atoms with Gasteiger partial charge in [0, 0.05) is 18.3 Å². The summed E-state index contributed by atoms with van der Waals surface area (Å²) >= 11 is 0. The minimum atomic E-state index is -0.162. The predicted molar refractivity (Wildman–Crippen MR) is 68.2 cm³/mol. The summed E-state index contributed by atoms with van der Waals surface area (Å²) in [5, 5.41) is 5.89. The van der Waals surface area contributed by atoms with Gasteiger partial charge < -0.3 is 10.6 Å². The van der Waals surface area contributed by atoms with Gasteiger partial charge in [0.25, 0.3) is 5.91 Å². The van der Waals surface area contributed by atoms with Gasteiger partial charge in [-0.25, -0.2) is 9.97 Å². The summed E-state index contributed by atoms with van der Waals surface area (Å²) in [5.41, 5.74) is 1.19. The molecule has 0 aromatic carbocycles. The van der Waals surface area contributed by atoms with Crippen LogP contribution < -0.4 is 10.6 Å². The predicted octanol–water partition coefficient (Wildman–Crippen LogP) is 1.75. The van der Waals surface area contributed by atoms with E-state index in [2.05, 4.69) is 27.5 Å². The molecule has 1 rings (SSSR count). The van der Waals surface area contributed by atoms with Crippen molar-refractivity contribution in [2.45, 2.75) is 40.2 Å². The van der Waals surface area contributed by atoms with E-state index < -0.39 is 0 Å². The van der Waals surface area contributed by atoms with Gasteiger partial charge in [-0.3, -0.25) is 4.79 Å². The molecule has 0 aliphatic rings. The normalized spacial score (nSPS) is 10.4. The molecule has 0 saturated heterocycles. The maximum atomic E-state index is 11.8. The van der Waals surface area contributed by atoms with Crippen molar-refractivity contribution < 1.29 is 4.79 Å². The number of amides is 1. The van der Waals surface area contributed by atoms with Crippen LogP contribution in [0.15, 0.2) is 6.07 Å². The molecule has 0 aliphatic carbocycles. The fraction of sp³-hybridized carbons (Fsp3) is 0.583. The van der Waals surface area contributed by atoms with Crippen LogP contribution in [-0.4, -0.2) is 28.5 Å². The van der Waals surface area contributed by atoms with Gasteiger partial charge in [-0.15, -0.1) is 0 Å². The highest BCUT2D eigenvalue weighted by molar-refractivity contribution is 5.92. The smallest absolute Gasteiger partial charge is 0.270 e. The van der Waals surface area contributed by atoms with Crippen LogP contribution in [0.25, 0.3) is 0 Å². The summed E-state index contributed by atoms with van der Waals surface area (Å²) in [5.74, 6) is 0.353. The molecule has 0 bridgehead atoms. The van der Waals surface area contributed by atoms with Gasteiger partial charge in [0.05, 0.1) is 0 Å². The highest BCUT2D eigenvalue weighted by atomic mass is 16.1. The van der Waals surface area contributed by atoms with Crippen LogP contribution in [0.3, 0.4) is 0 Å². The Morgan fingerprint density at radius 2 is 2.12 bits per heavy atom. The van der Waals surface area contributed by atoms with Crippen molar-refractivity contribution in [1.29, 1.82) is 0 Å². The number of aryl methyl sites for hydroxylation is 1. The number of hydrogen-bond acceptors (Lipinski definition) is 4. The summed E-state index contributed by atoms with van der Waals surface area (Å²) in [7, 11) is 0. The molecule has 5 nitrogen and oxygen atoms in total. The quantitative estimate of drug-likeness (QED) is 0.817. The average molecular weight is 236 g/mol. The van der Waals surface area contributed by atoms with Gasteiger partial charge in [-0.1, -0.05) is 6.92 Å². The molecule has 0 atom stereocenters. The van der Waals surface area contributed by atoms with Crippen LogP contribution in [0, 0.1) is 6.92 Å². The summed E-state index contributed by atoms with van der Waals surface area (Å²) in [6, 6.07) is 1.79. The summed E-state index contributed by atoms with van der Waals surface area (Å²) in [6.07, 6.45) is 0.991. The van der Waals surface area contributed by atoms with Crippen molar-refractivity contribution >= 4 is 11.9 Å². The Balaban J connectivity index is 2.84. The lowest BCUT2D eigenvalue weighted by atomic mass is 10.3. The third-order valence-corrected chi connectivity index (χ3v) is 2.04. The minimum absolute atomic E-state index is 0.102. The average Bonchev–Trinajstić information content (AvgIpc) is 2.24. The standard InChI is InChI=1S/C12H20N4O/c1-5-6-13-12-15-9(4)7-10(16-12)11(17)14-8(2)3/h7-8H,5-6H2,1-4H3,(H,14,17)(H,13,15,16).